The van der Waals surface area contributed by atoms with Crippen LogP contribution in [-0.4, -0.2) is 25.2 Å². The molecule has 3 nitrogen and oxygen atoms in total. The maximum Gasteiger partial charge on any atom is 0.322 e. The molecule has 2 atom stereocenters. The van der Waals surface area contributed by atoms with E-state index in [4.69, 9.17) is 16.3 Å². The molecule has 1 aliphatic heterocycles. The van der Waals surface area contributed by atoms with Crippen LogP contribution >= 0.6 is 11.6 Å². The molecule has 0 saturated carbocycles. The summed E-state index contributed by atoms with van der Waals surface area (Å²) in [5.41, 5.74) is 1.12. The van der Waals surface area contributed by atoms with Gasteiger partial charge >= 0.3 is 5.97 Å². The summed E-state index contributed by atoms with van der Waals surface area (Å²) in [5, 5.41) is 4.07. The third-order valence-corrected chi connectivity index (χ3v) is 3.52. The Labute approximate surface area is 106 Å². The summed E-state index contributed by atoms with van der Waals surface area (Å²) in [4.78, 5) is 11.4. The van der Waals surface area contributed by atoms with Gasteiger partial charge in [0.05, 0.1) is 7.11 Å². The van der Waals surface area contributed by atoms with Crippen LogP contribution in [0.3, 0.4) is 0 Å². The highest BCUT2D eigenvalue weighted by atomic mass is 35.5. The first-order valence-electron chi connectivity index (χ1n) is 5.78. The molecule has 92 valence electrons. The lowest BCUT2D eigenvalue weighted by molar-refractivity contribution is -0.142. The number of hydrogen-bond acceptors (Lipinski definition) is 3. The summed E-state index contributed by atoms with van der Waals surface area (Å²) in [5.74, 6) is -0.174. The quantitative estimate of drug-likeness (QED) is 0.840. The predicted molar refractivity (Wildman–Crippen MR) is 67.1 cm³/mol. The first-order chi connectivity index (χ1) is 8.20. The fourth-order valence-electron chi connectivity index (χ4n) is 2.24. The number of ether oxygens (including phenoxy) is 1. The van der Waals surface area contributed by atoms with Crippen molar-refractivity contribution >= 4 is 17.6 Å². The fraction of sp³-hybridized carbons (Fsp3) is 0.462. The topological polar surface area (TPSA) is 38.3 Å². The Morgan fingerprint density at radius 1 is 1.47 bits per heavy atom. The van der Waals surface area contributed by atoms with Crippen LogP contribution in [0.1, 0.15) is 18.4 Å². The normalized spacial score (nSPS) is 23.6. The van der Waals surface area contributed by atoms with Gasteiger partial charge in [-0.25, -0.2) is 0 Å². The third-order valence-electron chi connectivity index (χ3n) is 3.15. The minimum Gasteiger partial charge on any atom is -0.468 e. The summed E-state index contributed by atoms with van der Waals surface area (Å²) < 4.78 is 4.73. The van der Waals surface area contributed by atoms with Crippen LogP contribution in [0.15, 0.2) is 24.3 Å². The Kier molecular flexibility index (Phi) is 4.02. The SMILES string of the molecule is COC(=O)C1CCC(Cc2ccccc2Cl)N1. The first kappa shape index (κ1) is 12.4. The van der Waals surface area contributed by atoms with Crippen molar-refractivity contribution in [2.75, 3.05) is 7.11 Å². The van der Waals surface area contributed by atoms with Crippen LogP contribution in [0.5, 0.6) is 0 Å². The standard InChI is InChI=1S/C13H16ClNO2/c1-17-13(16)12-7-6-10(15-12)8-9-4-2-3-5-11(9)14/h2-5,10,12,15H,6-8H2,1H3. The molecule has 1 aromatic carbocycles. The van der Waals surface area contributed by atoms with Crippen molar-refractivity contribution < 1.29 is 9.53 Å². The molecule has 0 bridgehead atoms. The van der Waals surface area contributed by atoms with Gasteiger partial charge in [-0.15, -0.1) is 0 Å². The minimum absolute atomic E-state index is 0.160. The molecular weight excluding hydrogens is 238 g/mol. The van der Waals surface area contributed by atoms with Gasteiger partial charge in [-0.2, -0.15) is 0 Å². The number of rotatable bonds is 3. The molecule has 1 saturated heterocycles. The number of carbonyl (C=O) groups excluding carboxylic acids is 1. The van der Waals surface area contributed by atoms with Gasteiger partial charge in [-0.3, -0.25) is 4.79 Å². The monoisotopic (exact) mass is 253 g/mol. The average molecular weight is 254 g/mol. The lowest BCUT2D eigenvalue weighted by Crippen LogP contribution is -2.37. The molecular formula is C13H16ClNO2. The van der Waals surface area contributed by atoms with Gasteiger partial charge < -0.3 is 10.1 Å². The highest BCUT2D eigenvalue weighted by Crippen LogP contribution is 2.21. The number of hydrogen-bond donors (Lipinski definition) is 1. The maximum absolute atomic E-state index is 11.4. The molecule has 0 aliphatic carbocycles. The predicted octanol–water partition coefficient (Wildman–Crippen LogP) is 2.18. The van der Waals surface area contributed by atoms with E-state index in [0.717, 1.165) is 29.8 Å². The molecule has 1 heterocycles. The van der Waals surface area contributed by atoms with E-state index >= 15 is 0 Å². The molecule has 0 amide bonds. The van der Waals surface area contributed by atoms with Gasteiger partial charge in [0.25, 0.3) is 0 Å². The summed E-state index contributed by atoms with van der Waals surface area (Å²) in [6, 6.07) is 7.96. The minimum atomic E-state index is -0.174. The van der Waals surface area contributed by atoms with Crippen LogP contribution in [0, 0.1) is 0 Å². The molecule has 1 N–H and O–H groups in total. The zero-order valence-corrected chi connectivity index (χ0v) is 10.5. The number of methoxy groups -OCH3 is 1. The Morgan fingerprint density at radius 3 is 2.94 bits per heavy atom. The maximum atomic E-state index is 11.4. The van der Waals surface area contributed by atoms with Crippen molar-refractivity contribution in [1.29, 1.82) is 0 Å². The van der Waals surface area contributed by atoms with Crippen LogP contribution in [0.4, 0.5) is 0 Å². The fourth-order valence-corrected chi connectivity index (χ4v) is 2.45. The molecule has 0 spiro atoms. The smallest absolute Gasteiger partial charge is 0.322 e. The molecule has 2 rings (SSSR count). The molecule has 2 unspecified atom stereocenters. The molecule has 1 aromatic rings. The van der Waals surface area contributed by atoms with E-state index in [0.29, 0.717) is 6.04 Å². The molecule has 17 heavy (non-hydrogen) atoms. The second kappa shape index (κ2) is 5.52. The number of benzene rings is 1. The van der Waals surface area contributed by atoms with E-state index in [-0.39, 0.29) is 12.0 Å². The molecule has 4 heteroatoms. The van der Waals surface area contributed by atoms with Crippen molar-refractivity contribution in [3.63, 3.8) is 0 Å². The van der Waals surface area contributed by atoms with Crippen molar-refractivity contribution in [1.82, 2.24) is 5.32 Å². The molecule has 0 aromatic heterocycles. The number of nitrogens with one attached hydrogen (secondary N) is 1. The average Bonchev–Trinajstić information content (AvgIpc) is 2.80. The van der Waals surface area contributed by atoms with E-state index in [1.165, 1.54) is 7.11 Å². The van der Waals surface area contributed by atoms with Crippen molar-refractivity contribution in [2.45, 2.75) is 31.3 Å². The summed E-state index contributed by atoms with van der Waals surface area (Å²) in [7, 11) is 1.42. The zero-order valence-electron chi connectivity index (χ0n) is 9.78. The van der Waals surface area contributed by atoms with Gasteiger partial charge in [0.1, 0.15) is 6.04 Å². The number of halogens is 1. The van der Waals surface area contributed by atoms with Crippen molar-refractivity contribution in [3.8, 4) is 0 Å². The summed E-state index contributed by atoms with van der Waals surface area (Å²) in [6.45, 7) is 0. The van der Waals surface area contributed by atoms with Crippen LogP contribution < -0.4 is 5.32 Å². The van der Waals surface area contributed by atoms with E-state index in [9.17, 15) is 4.79 Å². The summed E-state index contributed by atoms with van der Waals surface area (Å²) >= 11 is 6.11. The first-order valence-corrected chi connectivity index (χ1v) is 6.16. The molecule has 0 radical (unpaired) electrons. The highest BCUT2D eigenvalue weighted by molar-refractivity contribution is 6.31. The number of esters is 1. The second-order valence-electron chi connectivity index (χ2n) is 4.31. The number of carbonyl (C=O) groups is 1. The van der Waals surface area contributed by atoms with Crippen molar-refractivity contribution in [2.24, 2.45) is 0 Å². The zero-order chi connectivity index (χ0) is 12.3. The molecule has 1 aliphatic rings. The van der Waals surface area contributed by atoms with E-state index in [1.807, 2.05) is 24.3 Å². The lowest BCUT2D eigenvalue weighted by atomic mass is 10.0. The van der Waals surface area contributed by atoms with E-state index in [1.54, 1.807) is 0 Å². The van der Waals surface area contributed by atoms with Gasteiger partial charge in [0.2, 0.25) is 0 Å². The van der Waals surface area contributed by atoms with Crippen LogP contribution in [0.2, 0.25) is 5.02 Å². The van der Waals surface area contributed by atoms with Gasteiger partial charge in [0.15, 0.2) is 0 Å². The van der Waals surface area contributed by atoms with Crippen LogP contribution in [0.25, 0.3) is 0 Å². The highest BCUT2D eigenvalue weighted by Gasteiger charge is 2.29. The Balaban J connectivity index is 1.94. The largest absolute Gasteiger partial charge is 0.468 e. The Bertz CT molecular complexity index is 408. The third kappa shape index (κ3) is 2.99. The Hall–Kier alpha value is -1.06. The molecule has 1 fully saturated rings. The van der Waals surface area contributed by atoms with Gasteiger partial charge in [-0.1, -0.05) is 29.8 Å². The van der Waals surface area contributed by atoms with E-state index < -0.39 is 0 Å². The van der Waals surface area contributed by atoms with E-state index in [2.05, 4.69) is 5.32 Å². The van der Waals surface area contributed by atoms with Gasteiger partial charge in [0, 0.05) is 11.1 Å². The lowest BCUT2D eigenvalue weighted by Gasteiger charge is -2.13. The van der Waals surface area contributed by atoms with Crippen molar-refractivity contribution in [3.05, 3.63) is 34.9 Å². The second-order valence-corrected chi connectivity index (χ2v) is 4.72. The van der Waals surface area contributed by atoms with Crippen LogP contribution in [-0.2, 0) is 16.0 Å². The summed E-state index contributed by atoms with van der Waals surface area (Å²) in [6.07, 6.45) is 2.67. The Morgan fingerprint density at radius 2 is 2.24 bits per heavy atom. The van der Waals surface area contributed by atoms with Gasteiger partial charge in [-0.05, 0) is 30.9 Å².